The third-order valence-corrected chi connectivity index (χ3v) is 3.26. The Labute approximate surface area is 107 Å². The zero-order valence-corrected chi connectivity index (χ0v) is 11.0. The third-order valence-electron chi connectivity index (χ3n) is 2.16. The molecule has 2 aromatic rings. The molecule has 0 radical (unpaired) electrons. The van der Waals surface area contributed by atoms with Crippen LogP contribution in [-0.4, -0.2) is 4.98 Å². The summed E-state index contributed by atoms with van der Waals surface area (Å²) < 4.78 is 6.24. The fourth-order valence-electron chi connectivity index (χ4n) is 1.29. The van der Waals surface area contributed by atoms with Gasteiger partial charge in [-0.2, -0.15) is 0 Å². The van der Waals surface area contributed by atoms with Crippen LogP contribution in [0.3, 0.4) is 0 Å². The van der Waals surface area contributed by atoms with Crippen molar-refractivity contribution < 1.29 is 4.42 Å². The number of pyridine rings is 1. The maximum atomic E-state index is 5.84. The third kappa shape index (κ3) is 2.57. The molecule has 0 bridgehead atoms. The highest BCUT2D eigenvalue weighted by atomic mass is 79.9. The van der Waals surface area contributed by atoms with Gasteiger partial charge in [0.1, 0.15) is 10.9 Å². The number of hydrogen-bond donors (Lipinski definition) is 1. The van der Waals surface area contributed by atoms with Crippen LogP contribution in [0.5, 0.6) is 0 Å². The Morgan fingerprint density at radius 3 is 3.00 bits per heavy atom. The minimum Gasteiger partial charge on any atom is -0.466 e. The van der Waals surface area contributed by atoms with Crippen molar-refractivity contribution in [2.75, 3.05) is 5.32 Å². The van der Waals surface area contributed by atoms with Crippen molar-refractivity contribution in [2.45, 2.75) is 13.5 Å². The van der Waals surface area contributed by atoms with Crippen LogP contribution in [-0.2, 0) is 6.54 Å². The summed E-state index contributed by atoms with van der Waals surface area (Å²) in [7, 11) is 0. The van der Waals surface area contributed by atoms with Gasteiger partial charge in [-0.05, 0) is 40.5 Å². The molecule has 2 rings (SSSR count). The van der Waals surface area contributed by atoms with Gasteiger partial charge in [0.25, 0.3) is 0 Å². The van der Waals surface area contributed by atoms with E-state index in [0.717, 1.165) is 21.5 Å². The van der Waals surface area contributed by atoms with E-state index in [9.17, 15) is 0 Å². The topological polar surface area (TPSA) is 38.1 Å². The number of hydrogen-bond acceptors (Lipinski definition) is 3. The van der Waals surface area contributed by atoms with Crippen molar-refractivity contribution in [3.63, 3.8) is 0 Å². The van der Waals surface area contributed by atoms with Crippen molar-refractivity contribution in [2.24, 2.45) is 0 Å². The van der Waals surface area contributed by atoms with E-state index in [1.807, 2.05) is 19.1 Å². The molecule has 0 aromatic carbocycles. The Bertz CT molecular complexity index is 498. The first-order chi connectivity index (χ1) is 7.66. The molecule has 0 unspecified atom stereocenters. The highest BCUT2D eigenvalue weighted by Gasteiger charge is 2.04. The second-order valence-corrected chi connectivity index (χ2v) is 4.59. The van der Waals surface area contributed by atoms with Crippen LogP contribution in [0.1, 0.15) is 11.3 Å². The number of furan rings is 1. The van der Waals surface area contributed by atoms with Crippen LogP contribution >= 0.6 is 27.5 Å². The lowest BCUT2D eigenvalue weighted by Gasteiger charge is -2.06. The standard InChI is InChI=1S/C11H10BrClN2O/c1-7-4-8(5-15-11(7)13)14-6-10-9(12)2-3-16-10/h2-5,14H,6H2,1H3. The van der Waals surface area contributed by atoms with Crippen molar-refractivity contribution >= 4 is 33.2 Å². The molecule has 0 saturated heterocycles. The summed E-state index contributed by atoms with van der Waals surface area (Å²) in [6.07, 6.45) is 3.35. The monoisotopic (exact) mass is 300 g/mol. The molecule has 0 aliphatic rings. The quantitative estimate of drug-likeness (QED) is 0.870. The second-order valence-electron chi connectivity index (χ2n) is 3.38. The van der Waals surface area contributed by atoms with Gasteiger partial charge in [0.15, 0.2) is 0 Å². The molecular formula is C11H10BrClN2O. The summed E-state index contributed by atoms with van der Waals surface area (Å²) >= 11 is 9.24. The van der Waals surface area contributed by atoms with E-state index in [2.05, 4.69) is 26.2 Å². The van der Waals surface area contributed by atoms with E-state index in [0.29, 0.717) is 11.7 Å². The number of halogens is 2. The first-order valence-electron chi connectivity index (χ1n) is 4.74. The van der Waals surface area contributed by atoms with Crippen LogP contribution in [0.25, 0.3) is 0 Å². The molecule has 5 heteroatoms. The first kappa shape index (κ1) is 11.5. The molecule has 0 spiro atoms. The number of aromatic nitrogens is 1. The van der Waals surface area contributed by atoms with Gasteiger partial charge in [-0.25, -0.2) is 4.98 Å². The summed E-state index contributed by atoms with van der Waals surface area (Å²) in [4.78, 5) is 4.06. The summed E-state index contributed by atoms with van der Waals surface area (Å²) in [6, 6.07) is 3.81. The zero-order valence-electron chi connectivity index (χ0n) is 8.63. The lowest BCUT2D eigenvalue weighted by atomic mass is 10.3. The largest absolute Gasteiger partial charge is 0.466 e. The Hall–Kier alpha value is -1.00. The van der Waals surface area contributed by atoms with Crippen molar-refractivity contribution in [3.05, 3.63) is 45.5 Å². The van der Waals surface area contributed by atoms with Gasteiger partial charge in [0, 0.05) is 0 Å². The average Bonchev–Trinajstić information content (AvgIpc) is 2.66. The number of rotatable bonds is 3. The van der Waals surface area contributed by atoms with Crippen molar-refractivity contribution in [1.29, 1.82) is 0 Å². The number of aryl methyl sites for hydroxylation is 1. The van der Waals surface area contributed by atoms with E-state index in [4.69, 9.17) is 16.0 Å². The molecule has 0 atom stereocenters. The SMILES string of the molecule is Cc1cc(NCc2occc2Br)cnc1Cl. The predicted molar refractivity (Wildman–Crippen MR) is 67.7 cm³/mol. The van der Waals surface area contributed by atoms with Crippen LogP contribution in [0.4, 0.5) is 5.69 Å². The maximum Gasteiger partial charge on any atom is 0.136 e. The van der Waals surface area contributed by atoms with Gasteiger partial charge in [-0.1, -0.05) is 11.6 Å². The molecule has 0 fully saturated rings. The van der Waals surface area contributed by atoms with E-state index >= 15 is 0 Å². The Kier molecular flexibility index (Phi) is 3.51. The van der Waals surface area contributed by atoms with E-state index in [1.54, 1.807) is 12.5 Å². The fraction of sp³-hybridized carbons (Fsp3) is 0.182. The summed E-state index contributed by atoms with van der Waals surface area (Å²) in [5.74, 6) is 0.854. The molecule has 0 amide bonds. The zero-order chi connectivity index (χ0) is 11.5. The van der Waals surface area contributed by atoms with E-state index in [-0.39, 0.29) is 0 Å². The lowest BCUT2D eigenvalue weighted by molar-refractivity contribution is 0.516. The van der Waals surface area contributed by atoms with Crippen molar-refractivity contribution in [3.8, 4) is 0 Å². The Morgan fingerprint density at radius 1 is 1.56 bits per heavy atom. The van der Waals surface area contributed by atoms with Gasteiger partial charge < -0.3 is 9.73 Å². The summed E-state index contributed by atoms with van der Waals surface area (Å²) in [5, 5.41) is 3.74. The minimum atomic E-state index is 0.532. The van der Waals surface area contributed by atoms with Crippen LogP contribution < -0.4 is 5.32 Å². The molecule has 3 nitrogen and oxygen atoms in total. The van der Waals surface area contributed by atoms with Gasteiger partial charge in [0.2, 0.25) is 0 Å². The van der Waals surface area contributed by atoms with Crippen molar-refractivity contribution in [1.82, 2.24) is 4.98 Å². The number of nitrogens with one attached hydrogen (secondary N) is 1. The molecule has 0 aliphatic heterocycles. The van der Waals surface area contributed by atoms with Gasteiger partial charge in [-0.3, -0.25) is 0 Å². The summed E-state index contributed by atoms with van der Waals surface area (Å²) in [6.45, 7) is 2.53. The molecule has 1 N–H and O–H groups in total. The lowest BCUT2D eigenvalue weighted by Crippen LogP contribution is -1.99. The van der Waals surface area contributed by atoms with Crippen LogP contribution in [0.15, 0.2) is 33.5 Å². The van der Waals surface area contributed by atoms with Gasteiger partial charge in [-0.15, -0.1) is 0 Å². The first-order valence-corrected chi connectivity index (χ1v) is 5.92. The normalized spacial score (nSPS) is 10.4. The molecule has 2 heterocycles. The van der Waals surface area contributed by atoms with Gasteiger partial charge >= 0.3 is 0 Å². The summed E-state index contributed by atoms with van der Waals surface area (Å²) in [5.41, 5.74) is 1.87. The van der Waals surface area contributed by atoms with E-state index in [1.165, 1.54) is 0 Å². The molecule has 0 saturated carbocycles. The second kappa shape index (κ2) is 4.89. The average molecular weight is 302 g/mol. The molecule has 84 valence electrons. The Morgan fingerprint density at radius 2 is 2.38 bits per heavy atom. The fourth-order valence-corrected chi connectivity index (χ4v) is 1.73. The highest BCUT2D eigenvalue weighted by Crippen LogP contribution is 2.20. The van der Waals surface area contributed by atoms with Crippen LogP contribution in [0.2, 0.25) is 5.15 Å². The number of anilines is 1. The maximum absolute atomic E-state index is 5.84. The predicted octanol–water partition coefficient (Wildman–Crippen LogP) is 4.01. The van der Waals surface area contributed by atoms with Gasteiger partial charge in [0.05, 0.1) is 29.2 Å². The number of nitrogens with zero attached hydrogens (tertiary/aromatic N) is 1. The molecule has 2 aromatic heterocycles. The minimum absolute atomic E-state index is 0.532. The molecule has 16 heavy (non-hydrogen) atoms. The van der Waals surface area contributed by atoms with Crippen LogP contribution in [0, 0.1) is 6.92 Å². The molecule has 0 aliphatic carbocycles. The van der Waals surface area contributed by atoms with E-state index < -0.39 is 0 Å². The smallest absolute Gasteiger partial charge is 0.136 e. The Balaban J connectivity index is 2.05. The highest BCUT2D eigenvalue weighted by molar-refractivity contribution is 9.10. The molecular weight excluding hydrogens is 291 g/mol.